The Hall–Kier alpha value is -0.530. The van der Waals surface area contributed by atoms with Crippen LogP contribution in [0.3, 0.4) is 0 Å². The molecule has 0 spiro atoms. The van der Waals surface area contributed by atoms with Crippen molar-refractivity contribution in [3.63, 3.8) is 0 Å². The number of aliphatic imine (C=N–C) groups is 1. The van der Waals surface area contributed by atoms with Crippen LogP contribution in [0.15, 0.2) is 29.3 Å². The Labute approximate surface area is 161 Å². The van der Waals surface area contributed by atoms with E-state index in [9.17, 15) is 0 Å². The molecule has 4 nitrogen and oxygen atoms in total. The predicted octanol–water partition coefficient (Wildman–Crippen LogP) is 3.83. The summed E-state index contributed by atoms with van der Waals surface area (Å²) in [6.45, 7) is 6.08. The van der Waals surface area contributed by atoms with Crippen LogP contribution in [-0.2, 0) is 11.3 Å². The van der Waals surface area contributed by atoms with Crippen LogP contribution < -0.4 is 10.6 Å². The van der Waals surface area contributed by atoms with Crippen LogP contribution in [0.2, 0.25) is 5.02 Å². The fraction of sp³-hybridized carbons (Fsp3) is 0.588. The SMILES string of the molecule is CCNC(=NCc1ccccc1Cl)NCCCOCC1CC1.I. The largest absolute Gasteiger partial charge is 0.381 e. The highest BCUT2D eigenvalue weighted by atomic mass is 127. The Morgan fingerprint density at radius 2 is 2.09 bits per heavy atom. The number of rotatable bonds is 9. The number of hydrogen-bond acceptors (Lipinski definition) is 2. The summed E-state index contributed by atoms with van der Waals surface area (Å²) in [7, 11) is 0. The second kappa shape index (κ2) is 11.9. The lowest BCUT2D eigenvalue weighted by atomic mass is 10.2. The summed E-state index contributed by atoms with van der Waals surface area (Å²) in [4.78, 5) is 4.57. The molecule has 1 fully saturated rings. The highest BCUT2D eigenvalue weighted by Crippen LogP contribution is 2.28. The van der Waals surface area contributed by atoms with Crippen molar-refractivity contribution in [2.75, 3.05) is 26.3 Å². The van der Waals surface area contributed by atoms with E-state index in [0.29, 0.717) is 6.54 Å². The van der Waals surface area contributed by atoms with Crippen molar-refractivity contribution in [2.45, 2.75) is 32.7 Å². The van der Waals surface area contributed by atoms with Crippen molar-refractivity contribution in [2.24, 2.45) is 10.9 Å². The lowest BCUT2D eigenvalue weighted by molar-refractivity contribution is 0.123. The molecule has 130 valence electrons. The van der Waals surface area contributed by atoms with Gasteiger partial charge in [0, 0.05) is 31.3 Å². The van der Waals surface area contributed by atoms with Gasteiger partial charge in [-0.2, -0.15) is 0 Å². The Morgan fingerprint density at radius 3 is 2.78 bits per heavy atom. The molecule has 1 aromatic rings. The second-order valence-corrected chi connectivity index (χ2v) is 5.99. The van der Waals surface area contributed by atoms with Gasteiger partial charge in [-0.25, -0.2) is 4.99 Å². The zero-order chi connectivity index (χ0) is 15.6. The first kappa shape index (κ1) is 20.5. The number of benzene rings is 1. The summed E-state index contributed by atoms with van der Waals surface area (Å²) in [6, 6.07) is 7.81. The molecule has 6 heteroatoms. The van der Waals surface area contributed by atoms with Gasteiger partial charge in [-0.05, 0) is 43.7 Å². The van der Waals surface area contributed by atoms with E-state index in [1.54, 1.807) is 0 Å². The lowest BCUT2D eigenvalue weighted by Crippen LogP contribution is -2.38. The van der Waals surface area contributed by atoms with Gasteiger partial charge in [0.25, 0.3) is 0 Å². The van der Waals surface area contributed by atoms with Gasteiger partial charge in [-0.15, -0.1) is 24.0 Å². The standard InChI is InChI=1S/C17H26ClN3O.HI/c1-2-19-17(20-10-5-11-22-13-14-8-9-14)21-12-15-6-3-4-7-16(15)18;/h3-4,6-7,14H,2,5,8-13H2,1H3,(H2,19,20,21);1H. The topological polar surface area (TPSA) is 45.7 Å². The Morgan fingerprint density at radius 1 is 1.30 bits per heavy atom. The molecule has 2 rings (SSSR count). The molecule has 0 saturated heterocycles. The molecule has 0 bridgehead atoms. The van der Waals surface area contributed by atoms with Gasteiger partial charge in [0.05, 0.1) is 6.54 Å². The average Bonchev–Trinajstić information content (AvgIpc) is 3.33. The van der Waals surface area contributed by atoms with Gasteiger partial charge < -0.3 is 15.4 Å². The third-order valence-electron chi connectivity index (χ3n) is 3.52. The summed E-state index contributed by atoms with van der Waals surface area (Å²) in [5.74, 6) is 1.66. The summed E-state index contributed by atoms with van der Waals surface area (Å²) in [5.41, 5.74) is 1.04. The Bertz CT molecular complexity index is 481. The third-order valence-corrected chi connectivity index (χ3v) is 3.89. The van der Waals surface area contributed by atoms with Crippen LogP contribution in [0, 0.1) is 5.92 Å². The molecule has 1 aliphatic rings. The third kappa shape index (κ3) is 8.77. The first-order valence-electron chi connectivity index (χ1n) is 8.13. The molecule has 2 N–H and O–H groups in total. The van der Waals surface area contributed by atoms with Crippen LogP contribution in [-0.4, -0.2) is 32.3 Å². The van der Waals surface area contributed by atoms with Gasteiger partial charge >= 0.3 is 0 Å². The second-order valence-electron chi connectivity index (χ2n) is 5.59. The van der Waals surface area contributed by atoms with E-state index < -0.39 is 0 Å². The van der Waals surface area contributed by atoms with Gasteiger partial charge in [-0.1, -0.05) is 29.8 Å². The van der Waals surface area contributed by atoms with Gasteiger partial charge in [0.1, 0.15) is 0 Å². The van der Waals surface area contributed by atoms with Gasteiger partial charge in [0.15, 0.2) is 5.96 Å². The number of nitrogens with zero attached hydrogens (tertiary/aromatic N) is 1. The minimum Gasteiger partial charge on any atom is -0.381 e. The molecule has 23 heavy (non-hydrogen) atoms. The molecule has 0 amide bonds. The smallest absolute Gasteiger partial charge is 0.191 e. The van der Waals surface area contributed by atoms with E-state index in [1.165, 1.54) is 12.8 Å². The van der Waals surface area contributed by atoms with Crippen LogP contribution in [0.25, 0.3) is 0 Å². The van der Waals surface area contributed by atoms with Gasteiger partial charge in [-0.3, -0.25) is 0 Å². The molecule has 0 aliphatic heterocycles. The first-order chi connectivity index (χ1) is 10.8. The molecular weight excluding hydrogens is 425 g/mol. The van der Waals surface area contributed by atoms with Crippen molar-refractivity contribution in [1.29, 1.82) is 0 Å². The van der Waals surface area contributed by atoms with Crippen LogP contribution in [0.4, 0.5) is 0 Å². The number of nitrogens with one attached hydrogen (secondary N) is 2. The first-order valence-corrected chi connectivity index (χ1v) is 8.50. The Kier molecular flexibility index (Phi) is 10.6. The highest BCUT2D eigenvalue weighted by Gasteiger charge is 2.20. The predicted molar refractivity (Wildman–Crippen MR) is 108 cm³/mol. The fourth-order valence-corrected chi connectivity index (χ4v) is 2.24. The maximum atomic E-state index is 6.15. The highest BCUT2D eigenvalue weighted by molar-refractivity contribution is 14.0. The maximum absolute atomic E-state index is 6.15. The maximum Gasteiger partial charge on any atom is 0.191 e. The minimum absolute atomic E-state index is 0. The van der Waals surface area contributed by atoms with E-state index in [4.69, 9.17) is 16.3 Å². The summed E-state index contributed by atoms with van der Waals surface area (Å²) >= 11 is 6.15. The zero-order valence-corrected chi connectivity index (χ0v) is 16.8. The molecule has 1 aromatic carbocycles. The van der Waals surface area contributed by atoms with Crippen molar-refractivity contribution < 1.29 is 4.74 Å². The number of halogens is 2. The van der Waals surface area contributed by atoms with Crippen LogP contribution in [0.5, 0.6) is 0 Å². The number of guanidine groups is 1. The van der Waals surface area contributed by atoms with Crippen molar-refractivity contribution in [1.82, 2.24) is 10.6 Å². The summed E-state index contributed by atoms with van der Waals surface area (Å²) in [5, 5.41) is 7.34. The zero-order valence-electron chi connectivity index (χ0n) is 13.7. The molecule has 0 radical (unpaired) electrons. The van der Waals surface area contributed by atoms with E-state index in [1.807, 2.05) is 24.3 Å². The molecule has 0 unspecified atom stereocenters. The van der Waals surface area contributed by atoms with Crippen molar-refractivity contribution in [3.05, 3.63) is 34.9 Å². The molecule has 0 aromatic heterocycles. The monoisotopic (exact) mass is 451 g/mol. The van der Waals surface area contributed by atoms with E-state index in [-0.39, 0.29) is 24.0 Å². The lowest BCUT2D eigenvalue weighted by Gasteiger charge is -2.11. The summed E-state index contributed by atoms with van der Waals surface area (Å²) < 4.78 is 5.63. The molecular formula is C17H27ClIN3O. The Balaban J connectivity index is 0.00000264. The van der Waals surface area contributed by atoms with E-state index in [0.717, 1.165) is 55.2 Å². The quantitative estimate of drug-likeness (QED) is 0.260. The van der Waals surface area contributed by atoms with Gasteiger partial charge in [0.2, 0.25) is 0 Å². The summed E-state index contributed by atoms with van der Waals surface area (Å²) in [6.07, 6.45) is 3.68. The van der Waals surface area contributed by atoms with E-state index in [2.05, 4.69) is 22.5 Å². The van der Waals surface area contributed by atoms with Crippen LogP contribution in [0.1, 0.15) is 31.7 Å². The minimum atomic E-state index is 0. The normalized spacial score (nSPS) is 14.3. The van der Waals surface area contributed by atoms with Crippen molar-refractivity contribution >= 4 is 41.5 Å². The van der Waals surface area contributed by atoms with E-state index >= 15 is 0 Å². The fourth-order valence-electron chi connectivity index (χ4n) is 2.05. The molecule has 0 atom stereocenters. The average molecular weight is 452 g/mol. The number of hydrogen-bond donors (Lipinski definition) is 2. The molecule has 1 saturated carbocycles. The molecule has 1 aliphatic carbocycles. The molecule has 0 heterocycles. The van der Waals surface area contributed by atoms with Crippen LogP contribution >= 0.6 is 35.6 Å². The number of ether oxygens (including phenoxy) is 1. The van der Waals surface area contributed by atoms with Crippen molar-refractivity contribution in [3.8, 4) is 0 Å².